The highest BCUT2D eigenvalue weighted by molar-refractivity contribution is 9.10. The van der Waals surface area contributed by atoms with Crippen molar-refractivity contribution < 1.29 is 4.39 Å². The maximum absolute atomic E-state index is 13.5. The summed E-state index contributed by atoms with van der Waals surface area (Å²) in [6.07, 6.45) is 0. The van der Waals surface area contributed by atoms with Gasteiger partial charge in [-0.05, 0) is 41.4 Å². The molecule has 0 spiro atoms. The van der Waals surface area contributed by atoms with Crippen LogP contribution in [0, 0.1) is 5.82 Å². The minimum absolute atomic E-state index is 0.207. The number of hydrogen-bond donors (Lipinski definition) is 1. The number of hydrogen-bond acceptors (Lipinski definition) is 1. The van der Waals surface area contributed by atoms with E-state index in [9.17, 15) is 4.39 Å². The van der Waals surface area contributed by atoms with Crippen LogP contribution in [0.1, 0.15) is 12.5 Å². The summed E-state index contributed by atoms with van der Waals surface area (Å²) in [5.41, 5.74) is 3.05. The fourth-order valence-electron chi connectivity index (χ4n) is 1.89. The Hall–Kier alpha value is -1.19. The molecule has 0 heterocycles. The zero-order chi connectivity index (χ0) is 13.0. The zero-order valence-electron chi connectivity index (χ0n) is 10.2. The second kappa shape index (κ2) is 6.12. The second-order valence-electron chi connectivity index (χ2n) is 4.06. The quantitative estimate of drug-likeness (QED) is 0.884. The number of rotatable bonds is 4. The van der Waals surface area contributed by atoms with Crippen molar-refractivity contribution >= 4 is 15.9 Å². The van der Waals surface area contributed by atoms with Crippen LogP contribution in [0.25, 0.3) is 11.1 Å². The minimum atomic E-state index is -0.207. The third-order valence-electron chi connectivity index (χ3n) is 2.80. The maximum Gasteiger partial charge on any atom is 0.123 e. The molecule has 3 heteroatoms. The van der Waals surface area contributed by atoms with Crippen LogP contribution in [0.15, 0.2) is 46.9 Å². The van der Waals surface area contributed by atoms with Gasteiger partial charge in [-0.2, -0.15) is 0 Å². The molecule has 0 aliphatic rings. The van der Waals surface area contributed by atoms with E-state index in [1.807, 2.05) is 30.3 Å². The summed E-state index contributed by atoms with van der Waals surface area (Å²) in [7, 11) is 0. The number of halogens is 2. The molecule has 1 nitrogen and oxygen atoms in total. The lowest BCUT2D eigenvalue weighted by molar-refractivity contribution is 0.626. The van der Waals surface area contributed by atoms with Crippen LogP contribution < -0.4 is 5.32 Å². The van der Waals surface area contributed by atoms with Gasteiger partial charge in [-0.25, -0.2) is 4.39 Å². The molecule has 0 aliphatic heterocycles. The lowest BCUT2D eigenvalue weighted by atomic mass is 9.99. The Morgan fingerprint density at radius 3 is 2.61 bits per heavy atom. The van der Waals surface area contributed by atoms with Gasteiger partial charge in [-0.15, -0.1) is 0 Å². The zero-order valence-corrected chi connectivity index (χ0v) is 11.8. The maximum atomic E-state index is 13.5. The Kier molecular flexibility index (Phi) is 4.50. The molecular weight excluding hydrogens is 293 g/mol. The molecule has 94 valence electrons. The molecule has 0 aromatic heterocycles. The van der Waals surface area contributed by atoms with Crippen molar-refractivity contribution in [2.24, 2.45) is 0 Å². The molecule has 2 rings (SSSR count). The first kappa shape index (κ1) is 13.2. The van der Waals surface area contributed by atoms with E-state index in [0.717, 1.165) is 34.3 Å². The Morgan fingerprint density at radius 1 is 1.11 bits per heavy atom. The second-order valence-corrected chi connectivity index (χ2v) is 4.92. The van der Waals surface area contributed by atoms with Gasteiger partial charge >= 0.3 is 0 Å². The van der Waals surface area contributed by atoms with Crippen LogP contribution in [0.5, 0.6) is 0 Å². The monoisotopic (exact) mass is 307 g/mol. The predicted octanol–water partition coefficient (Wildman–Crippen LogP) is 4.36. The van der Waals surface area contributed by atoms with E-state index >= 15 is 0 Å². The van der Waals surface area contributed by atoms with Gasteiger partial charge in [0.05, 0.1) is 0 Å². The van der Waals surface area contributed by atoms with Crippen molar-refractivity contribution in [3.63, 3.8) is 0 Å². The first-order valence-electron chi connectivity index (χ1n) is 5.96. The van der Waals surface area contributed by atoms with Gasteiger partial charge in [-0.1, -0.05) is 47.1 Å². The van der Waals surface area contributed by atoms with Gasteiger partial charge in [0.2, 0.25) is 0 Å². The van der Waals surface area contributed by atoms with Gasteiger partial charge in [0, 0.05) is 11.0 Å². The van der Waals surface area contributed by atoms with Gasteiger partial charge in [0.15, 0.2) is 0 Å². The van der Waals surface area contributed by atoms with E-state index in [-0.39, 0.29) is 5.82 Å². The van der Waals surface area contributed by atoms with Crippen LogP contribution in [0.2, 0.25) is 0 Å². The smallest absolute Gasteiger partial charge is 0.123 e. The average Bonchev–Trinajstić information content (AvgIpc) is 2.38. The van der Waals surface area contributed by atoms with Crippen molar-refractivity contribution in [1.29, 1.82) is 0 Å². The van der Waals surface area contributed by atoms with Gasteiger partial charge in [-0.3, -0.25) is 0 Å². The van der Waals surface area contributed by atoms with Crippen LogP contribution in [-0.2, 0) is 6.54 Å². The van der Waals surface area contributed by atoms with Crippen molar-refractivity contribution in [2.75, 3.05) is 6.54 Å². The molecule has 2 aromatic carbocycles. The molecule has 1 N–H and O–H groups in total. The largest absolute Gasteiger partial charge is 0.313 e. The Morgan fingerprint density at radius 2 is 1.89 bits per heavy atom. The first-order valence-corrected chi connectivity index (χ1v) is 6.75. The van der Waals surface area contributed by atoms with Crippen LogP contribution in [0.3, 0.4) is 0 Å². The number of nitrogens with one attached hydrogen (secondary N) is 1. The highest BCUT2D eigenvalue weighted by atomic mass is 79.9. The molecule has 0 radical (unpaired) electrons. The molecule has 0 atom stereocenters. The summed E-state index contributed by atoms with van der Waals surface area (Å²) < 4.78 is 14.4. The normalized spacial score (nSPS) is 10.6. The van der Waals surface area contributed by atoms with Crippen molar-refractivity contribution in [3.05, 3.63) is 58.3 Å². The van der Waals surface area contributed by atoms with E-state index in [2.05, 4.69) is 28.2 Å². The predicted molar refractivity (Wildman–Crippen MR) is 76.9 cm³/mol. The summed E-state index contributed by atoms with van der Waals surface area (Å²) in [6, 6.07) is 12.8. The molecule has 0 aliphatic carbocycles. The summed E-state index contributed by atoms with van der Waals surface area (Å²) in [5, 5.41) is 3.28. The molecule has 0 amide bonds. The van der Waals surface area contributed by atoms with Crippen LogP contribution in [-0.4, -0.2) is 6.54 Å². The highest BCUT2D eigenvalue weighted by Gasteiger charge is 2.09. The summed E-state index contributed by atoms with van der Waals surface area (Å²) in [4.78, 5) is 0. The van der Waals surface area contributed by atoms with Crippen LogP contribution in [0.4, 0.5) is 4.39 Å². The van der Waals surface area contributed by atoms with E-state index in [4.69, 9.17) is 0 Å². The Bertz CT molecular complexity index is 540. The minimum Gasteiger partial charge on any atom is -0.313 e. The van der Waals surface area contributed by atoms with E-state index in [0.29, 0.717) is 0 Å². The molecule has 0 saturated carbocycles. The standard InChI is InChI=1S/C15H15BrFN/c1-2-18-10-11-7-8-12(17)9-14(11)13-5-3-4-6-15(13)16/h3-9,18H,2,10H2,1H3. The Balaban J connectivity index is 2.48. The van der Waals surface area contributed by atoms with Crippen molar-refractivity contribution in [3.8, 4) is 11.1 Å². The highest BCUT2D eigenvalue weighted by Crippen LogP contribution is 2.31. The SMILES string of the molecule is CCNCc1ccc(F)cc1-c1ccccc1Br. The molecule has 0 unspecified atom stereocenters. The lowest BCUT2D eigenvalue weighted by Crippen LogP contribution is -2.12. The Labute approximate surface area is 115 Å². The van der Waals surface area contributed by atoms with E-state index in [1.165, 1.54) is 6.07 Å². The third kappa shape index (κ3) is 2.98. The van der Waals surface area contributed by atoms with Gasteiger partial charge in [0.1, 0.15) is 5.82 Å². The molecular formula is C15H15BrFN. The topological polar surface area (TPSA) is 12.0 Å². The first-order chi connectivity index (χ1) is 8.72. The van der Waals surface area contributed by atoms with E-state index in [1.54, 1.807) is 6.07 Å². The molecule has 0 fully saturated rings. The number of benzene rings is 2. The molecule has 0 bridgehead atoms. The average molecular weight is 308 g/mol. The summed E-state index contributed by atoms with van der Waals surface area (Å²) >= 11 is 3.52. The van der Waals surface area contributed by atoms with Crippen molar-refractivity contribution in [2.45, 2.75) is 13.5 Å². The van der Waals surface area contributed by atoms with Gasteiger partial charge in [0.25, 0.3) is 0 Å². The van der Waals surface area contributed by atoms with Crippen LogP contribution >= 0.6 is 15.9 Å². The third-order valence-corrected chi connectivity index (χ3v) is 3.49. The van der Waals surface area contributed by atoms with Gasteiger partial charge < -0.3 is 5.32 Å². The fourth-order valence-corrected chi connectivity index (χ4v) is 2.39. The summed E-state index contributed by atoms with van der Waals surface area (Å²) in [5.74, 6) is -0.207. The molecule has 0 saturated heterocycles. The lowest BCUT2D eigenvalue weighted by Gasteiger charge is -2.12. The molecule has 18 heavy (non-hydrogen) atoms. The van der Waals surface area contributed by atoms with E-state index < -0.39 is 0 Å². The molecule has 2 aromatic rings. The van der Waals surface area contributed by atoms with Crippen molar-refractivity contribution in [1.82, 2.24) is 5.32 Å². The fraction of sp³-hybridized carbons (Fsp3) is 0.200. The summed E-state index contributed by atoms with van der Waals surface area (Å²) in [6.45, 7) is 3.70.